The van der Waals surface area contributed by atoms with Crippen LogP contribution in [0.15, 0.2) is 23.8 Å². The number of nitriles is 1. The van der Waals surface area contributed by atoms with E-state index in [4.69, 9.17) is 18.9 Å². The third kappa shape index (κ3) is 5.22. The lowest BCUT2D eigenvalue weighted by Gasteiger charge is -2.13. The van der Waals surface area contributed by atoms with Crippen molar-refractivity contribution in [2.75, 3.05) is 27.9 Å². The monoisotopic (exact) mass is 412 g/mol. The standard InChI is InChI=1S/C23H28N2O5/c1-15-9-21(28-5)22(29-6)12-20(15)14-30-23(26)19(13-24)11-18-10-16(2)25(17(18)3)7-8-27-4/h9-12H,7-8,14H2,1-6H3/b19-11+. The van der Waals surface area contributed by atoms with Crippen LogP contribution < -0.4 is 9.47 Å². The molecule has 0 aliphatic rings. The van der Waals surface area contributed by atoms with Gasteiger partial charge in [-0.25, -0.2) is 4.79 Å². The van der Waals surface area contributed by atoms with Crippen LogP contribution in [-0.2, 0) is 27.4 Å². The maximum Gasteiger partial charge on any atom is 0.349 e. The van der Waals surface area contributed by atoms with Crippen LogP contribution in [0.1, 0.15) is 28.1 Å². The normalized spacial score (nSPS) is 11.2. The summed E-state index contributed by atoms with van der Waals surface area (Å²) in [5.74, 6) is 0.480. The van der Waals surface area contributed by atoms with Crippen molar-refractivity contribution < 1.29 is 23.7 Å². The summed E-state index contributed by atoms with van der Waals surface area (Å²) < 4.78 is 23.2. The molecule has 2 rings (SSSR count). The Balaban J connectivity index is 2.19. The van der Waals surface area contributed by atoms with Gasteiger partial charge in [-0.15, -0.1) is 0 Å². The number of benzene rings is 1. The topological polar surface area (TPSA) is 82.7 Å². The average Bonchev–Trinajstić information content (AvgIpc) is 3.01. The molecular weight excluding hydrogens is 384 g/mol. The third-order valence-corrected chi connectivity index (χ3v) is 4.97. The highest BCUT2D eigenvalue weighted by Gasteiger charge is 2.16. The Bertz CT molecular complexity index is 982. The molecule has 30 heavy (non-hydrogen) atoms. The number of nitrogens with zero attached hydrogens (tertiary/aromatic N) is 2. The first-order chi connectivity index (χ1) is 14.4. The lowest BCUT2D eigenvalue weighted by molar-refractivity contribution is -0.139. The van der Waals surface area contributed by atoms with Gasteiger partial charge in [0.05, 0.1) is 20.8 Å². The molecule has 1 aromatic heterocycles. The SMILES string of the molecule is COCCn1c(C)cc(/C=C(\C#N)C(=O)OCc2cc(OC)c(OC)cc2C)c1C. The number of aromatic nitrogens is 1. The first-order valence-electron chi connectivity index (χ1n) is 9.52. The van der Waals surface area contributed by atoms with Crippen molar-refractivity contribution in [3.8, 4) is 17.6 Å². The number of hydrogen-bond donors (Lipinski definition) is 0. The largest absolute Gasteiger partial charge is 0.493 e. The predicted molar refractivity (Wildman–Crippen MR) is 113 cm³/mol. The number of carbonyl (C=O) groups excluding carboxylic acids is 1. The molecule has 0 unspecified atom stereocenters. The third-order valence-electron chi connectivity index (χ3n) is 4.97. The maximum absolute atomic E-state index is 12.5. The summed E-state index contributed by atoms with van der Waals surface area (Å²) in [4.78, 5) is 12.5. The molecule has 0 radical (unpaired) electrons. The molecule has 0 spiro atoms. The molecule has 7 nitrogen and oxygen atoms in total. The fourth-order valence-electron chi connectivity index (χ4n) is 3.19. The van der Waals surface area contributed by atoms with Crippen LogP contribution in [0.5, 0.6) is 11.5 Å². The van der Waals surface area contributed by atoms with Crippen molar-refractivity contribution >= 4 is 12.0 Å². The highest BCUT2D eigenvalue weighted by atomic mass is 16.5. The first-order valence-corrected chi connectivity index (χ1v) is 9.52. The first kappa shape index (κ1) is 23.0. The second-order valence-corrected chi connectivity index (χ2v) is 6.85. The Kier molecular flexibility index (Phi) is 8.07. The Hall–Kier alpha value is -3.24. The summed E-state index contributed by atoms with van der Waals surface area (Å²) in [7, 11) is 4.76. The van der Waals surface area contributed by atoms with Crippen molar-refractivity contribution in [3.05, 3.63) is 51.9 Å². The molecule has 1 aromatic carbocycles. The Labute approximate surface area is 177 Å². The van der Waals surface area contributed by atoms with Gasteiger partial charge < -0.3 is 23.5 Å². The summed E-state index contributed by atoms with van der Waals surface area (Å²) >= 11 is 0. The lowest BCUT2D eigenvalue weighted by atomic mass is 10.1. The number of hydrogen-bond acceptors (Lipinski definition) is 6. The van der Waals surface area contributed by atoms with Crippen LogP contribution in [0.4, 0.5) is 0 Å². The summed E-state index contributed by atoms with van der Waals surface area (Å²) in [5.41, 5.74) is 4.41. The number of esters is 1. The van der Waals surface area contributed by atoms with Gasteiger partial charge in [0.15, 0.2) is 11.5 Å². The maximum atomic E-state index is 12.5. The van der Waals surface area contributed by atoms with E-state index < -0.39 is 5.97 Å². The van der Waals surface area contributed by atoms with Crippen molar-refractivity contribution in [2.24, 2.45) is 0 Å². The van der Waals surface area contributed by atoms with Crippen LogP contribution in [0, 0.1) is 32.1 Å². The fraction of sp³-hybridized carbons (Fsp3) is 0.391. The van der Waals surface area contributed by atoms with Crippen LogP contribution in [-0.4, -0.2) is 38.5 Å². The molecule has 0 atom stereocenters. The molecule has 0 aliphatic heterocycles. The Morgan fingerprint density at radius 2 is 1.77 bits per heavy atom. The van der Waals surface area contributed by atoms with Crippen LogP contribution in [0.3, 0.4) is 0 Å². The van der Waals surface area contributed by atoms with E-state index in [1.807, 2.05) is 39.0 Å². The molecular formula is C23H28N2O5. The lowest BCUT2D eigenvalue weighted by Crippen LogP contribution is -2.09. The van der Waals surface area contributed by atoms with Gasteiger partial charge >= 0.3 is 5.97 Å². The molecule has 0 bridgehead atoms. The second kappa shape index (κ2) is 10.5. The van der Waals surface area contributed by atoms with Crippen LogP contribution in [0.2, 0.25) is 0 Å². The van der Waals surface area contributed by atoms with Crippen LogP contribution in [0.25, 0.3) is 6.08 Å². The second-order valence-electron chi connectivity index (χ2n) is 6.85. The average molecular weight is 412 g/mol. The van der Waals surface area contributed by atoms with E-state index in [0.29, 0.717) is 24.7 Å². The van der Waals surface area contributed by atoms with Gasteiger partial charge in [-0.2, -0.15) is 5.26 Å². The van der Waals surface area contributed by atoms with Crippen molar-refractivity contribution in [1.82, 2.24) is 4.57 Å². The number of ether oxygens (including phenoxy) is 4. The molecule has 0 saturated heterocycles. The van der Waals surface area contributed by atoms with Crippen molar-refractivity contribution in [1.29, 1.82) is 5.26 Å². The van der Waals surface area contributed by atoms with Crippen molar-refractivity contribution in [3.63, 3.8) is 0 Å². The van der Waals surface area contributed by atoms with E-state index in [2.05, 4.69) is 4.57 Å². The van der Waals surface area contributed by atoms with E-state index in [9.17, 15) is 10.1 Å². The smallest absolute Gasteiger partial charge is 0.349 e. The molecule has 0 amide bonds. The molecule has 0 N–H and O–H groups in total. The van der Waals surface area contributed by atoms with Gasteiger partial charge in [0.25, 0.3) is 0 Å². The van der Waals surface area contributed by atoms with E-state index >= 15 is 0 Å². The predicted octanol–water partition coefficient (Wildman–Crippen LogP) is 3.73. The summed E-state index contributed by atoms with van der Waals surface area (Å²) in [6.45, 7) is 7.12. The van der Waals surface area contributed by atoms with Crippen LogP contribution >= 0.6 is 0 Å². The van der Waals surface area contributed by atoms with Crippen molar-refractivity contribution in [2.45, 2.75) is 33.9 Å². The van der Waals surface area contributed by atoms with Gasteiger partial charge in [-0.3, -0.25) is 0 Å². The van der Waals surface area contributed by atoms with E-state index in [1.54, 1.807) is 33.5 Å². The quantitative estimate of drug-likeness (QED) is 0.355. The zero-order chi connectivity index (χ0) is 22.3. The van der Waals surface area contributed by atoms with Gasteiger partial charge in [-0.1, -0.05) is 0 Å². The minimum absolute atomic E-state index is 0.0247. The van der Waals surface area contributed by atoms with E-state index in [0.717, 1.165) is 28.1 Å². The zero-order valence-corrected chi connectivity index (χ0v) is 18.4. The molecule has 0 saturated carbocycles. The number of rotatable bonds is 9. The van der Waals surface area contributed by atoms with Gasteiger partial charge in [0.2, 0.25) is 0 Å². The summed E-state index contributed by atoms with van der Waals surface area (Å²) in [6, 6.07) is 7.47. The highest BCUT2D eigenvalue weighted by molar-refractivity contribution is 5.98. The molecule has 1 heterocycles. The summed E-state index contributed by atoms with van der Waals surface area (Å²) in [6.07, 6.45) is 1.56. The molecule has 2 aromatic rings. The number of aryl methyl sites for hydroxylation is 2. The van der Waals surface area contributed by atoms with Gasteiger partial charge in [0, 0.05) is 25.0 Å². The summed E-state index contributed by atoms with van der Waals surface area (Å²) in [5, 5.41) is 9.49. The molecule has 0 aliphatic carbocycles. The zero-order valence-electron chi connectivity index (χ0n) is 18.4. The minimum atomic E-state index is -0.673. The molecule has 160 valence electrons. The fourth-order valence-corrected chi connectivity index (χ4v) is 3.19. The van der Waals surface area contributed by atoms with Gasteiger partial charge in [-0.05, 0) is 61.7 Å². The number of carbonyl (C=O) groups is 1. The highest BCUT2D eigenvalue weighted by Crippen LogP contribution is 2.30. The molecule has 7 heteroatoms. The molecule has 0 fully saturated rings. The minimum Gasteiger partial charge on any atom is -0.493 e. The van der Waals surface area contributed by atoms with Gasteiger partial charge in [0.1, 0.15) is 18.2 Å². The van der Waals surface area contributed by atoms with E-state index in [1.165, 1.54) is 0 Å². The Morgan fingerprint density at radius 1 is 1.10 bits per heavy atom. The van der Waals surface area contributed by atoms with E-state index in [-0.39, 0.29) is 12.2 Å². The Morgan fingerprint density at radius 3 is 2.37 bits per heavy atom. The number of methoxy groups -OCH3 is 3.